The van der Waals surface area contributed by atoms with Crippen LogP contribution in [0.2, 0.25) is 0 Å². The summed E-state index contributed by atoms with van der Waals surface area (Å²) in [5.74, 6) is -0.439. The van der Waals surface area contributed by atoms with Crippen molar-refractivity contribution in [3.05, 3.63) is 96.0 Å². The second-order valence-electron chi connectivity index (χ2n) is 13.9. The van der Waals surface area contributed by atoms with E-state index in [1.54, 1.807) is 12.2 Å². The first-order valence-electron chi connectivity index (χ1n) is 18.3. The number of likely N-dealkylation sites (tertiary alicyclic amines) is 1. The standard InChI is InChI=1S/C43H46N5O5S.CH3.Zn/c1-8-28-23(4)32-18-33-25(6)30(14-13-27(49)12-11-17-48-41(50)22-40(43(48)53)54-10-3)38(46-33)21-39-31(15-16-42(51)52)26(7)35(47-39)20-37-29(9-2)24(5)34(45-37)19-36(28)44-32;;/h8-9,18-21,40H,1-2,10-17,22H2,3-7H3,(H2-,44,45,46,47,51,52);1H3;/q2*-1;/p-1. The van der Waals surface area contributed by atoms with E-state index in [0.717, 1.165) is 67.2 Å². The van der Waals surface area contributed by atoms with Crippen molar-refractivity contribution in [1.29, 1.82) is 0 Å². The average molecular weight is 824 g/mol. The van der Waals surface area contributed by atoms with Crippen LogP contribution in [0, 0.1) is 21.3 Å². The van der Waals surface area contributed by atoms with E-state index in [4.69, 9.17) is 19.9 Å². The minimum absolute atomic E-state index is 0. The van der Waals surface area contributed by atoms with Crippen LogP contribution in [-0.4, -0.2) is 61.1 Å². The largest absolute Gasteiger partial charge is 0.657 e. The van der Waals surface area contributed by atoms with Crippen LogP contribution in [0.5, 0.6) is 0 Å². The summed E-state index contributed by atoms with van der Waals surface area (Å²) in [6, 6.07) is 7.73. The SMILES string of the molecule is C=CC1=C(C)c2cc3[n-]c(cc4nc(cc5[n-]c(cc1n2)c(C)c5C=C)C(C)=C4CCC(=O)O)c(CCC(=O)CCCN1C(=O)CC(SCC)C1=O)c3C.[CH3-].[Zn]. The van der Waals surface area contributed by atoms with Gasteiger partial charge in [0, 0.05) is 57.3 Å². The summed E-state index contributed by atoms with van der Waals surface area (Å²) >= 11 is 1.48. The van der Waals surface area contributed by atoms with Gasteiger partial charge in [-0.05, 0) is 75.0 Å². The molecule has 3 aromatic heterocycles. The Hall–Kier alpha value is -4.67. The topological polar surface area (TPSA) is 146 Å². The Morgan fingerprint density at radius 3 is 2.16 bits per heavy atom. The van der Waals surface area contributed by atoms with Crippen LogP contribution in [0.3, 0.4) is 0 Å². The fraction of sp³-hybridized carbons (Fsp3) is 0.341. The number of carbonyl (C=O) groups excluding carboxylic acids is 3. The van der Waals surface area contributed by atoms with Crippen molar-refractivity contribution in [2.45, 2.75) is 84.8 Å². The van der Waals surface area contributed by atoms with Crippen LogP contribution in [-0.2, 0) is 45.1 Å². The van der Waals surface area contributed by atoms with Gasteiger partial charge in [-0.25, -0.2) is 9.97 Å². The molecule has 0 aliphatic carbocycles. The van der Waals surface area contributed by atoms with Crippen molar-refractivity contribution in [1.82, 2.24) is 24.8 Å². The Morgan fingerprint density at radius 2 is 1.48 bits per heavy atom. The van der Waals surface area contributed by atoms with Gasteiger partial charge in [0.25, 0.3) is 0 Å². The third-order valence-corrected chi connectivity index (χ3v) is 11.6. The smallest absolute Gasteiger partial charge is 0.303 e. The Labute approximate surface area is 345 Å². The minimum atomic E-state index is -0.903. The van der Waals surface area contributed by atoms with Crippen molar-refractivity contribution in [2.24, 2.45) is 0 Å². The minimum Gasteiger partial charge on any atom is -0.657 e. The monoisotopic (exact) mass is 822 g/mol. The van der Waals surface area contributed by atoms with Crippen LogP contribution < -0.4 is 9.97 Å². The summed E-state index contributed by atoms with van der Waals surface area (Å²) in [5.41, 5.74) is 12.8. The molecule has 0 aromatic carbocycles. The number of aromatic nitrogens is 4. The van der Waals surface area contributed by atoms with Gasteiger partial charge in [0.2, 0.25) is 11.8 Å². The Balaban J connectivity index is 0.00000348. The first-order valence-corrected chi connectivity index (χ1v) is 19.4. The van der Waals surface area contributed by atoms with Crippen LogP contribution >= 0.6 is 11.8 Å². The van der Waals surface area contributed by atoms with Gasteiger partial charge in [0.05, 0.1) is 28.0 Å². The maximum atomic E-state index is 13.3. The summed E-state index contributed by atoms with van der Waals surface area (Å²) in [7, 11) is 0. The number of carbonyl (C=O) groups is 4. The molecule has 2 amide bonds. The number of hydrogen-bond acceptors (Lipinski definition) is 7. The Kier molecular flexibility index (Phi) is 14.6. The van der Waals surface area contributed by atoms with Gasteiger partial charge < -0.3 is 22.5 Å². The fourth-order valence-electron chi connectivity index (χ4n) is 7.42. The number of thioether (sulfide) groups is 1. The number of hydrogen-bond donors (Lipinski definition) is 1. The molecule has 1 saturated heterocycles. The van der Waals surface area contributed by atoms with Crippen molar-refractivity contribution in [3.8, 4) is 0 Å². The van der Waals surface area contributed by atoms with E-state index >= 15 is 0 Å². The average Bonchev–Trinajstić information content (AvgIpc) is 3.85. The molecule has 6 rings (SSSR count). The zero-order chi connectivity index (χ0) is 38.8. The summed E-state index contributed by atoms with van der Waals surface area (Å²) < 4.78 is 0. The number of rotatable bonds is 14. The summed E-state index contributed by atoms with van der Waals surface area (Å²) in [6.45, 7) is 18.3. The predicted molar refractivity (Wildman–Crippen MR) is 223 cm³/mol. The van der Waals surface area contributed by atoms with E-state index in [1.165, 1.54) is 16.7 Å². The zero-order valence-electron chi connectivity index (χ0n) is 33.3. The first-order chi connectivity index (χ1) is 25.8. The molecule has 1 unspecified atom stereocenters. The summed E-state index contributed by atoms with van der Waals surface area (Å²) in [6.07, 6.45) is 5.36. The van der Waals surface area contributed by atoms with Crippen LogP contribution in [0.15, 0.2) is 43.5 Å². The van der Waals surface area contributed by atoms with Gasteiger partial charge >= 0.3 is 5.97 Å². The number of fused-ring (bicyclic) bond motifs is 8. The number of imide groups is 1. The van der Waals surface area contributed by atoms with Gasteiger partial charge in [0.15, 0.2) is 0 Å². The molecule has 3 aromatic rings. The van der Waals surface area contributed by atoms with Gasteiger partial charge in [-0.15, -0.1) is 33.8 Å². The van der Waals surface area contributed by atoms with Crippen LogP contribution in [0.4, 0.5) is 0 Å². The van der Waals surface area contributed by atoms with Crippen LogP contribution in [0.25, 0.3) is 50.4 Å². The predicted octanol–water partition coefficient (Wildman–Crippen LogP) is 8.36. The molecule has 8 bridgehead atoms. The Morgan fingerprint density at radius 1 is 0.857 bits per heavy atom. The third kappa shape index (κ3) is 8.82. The molecular weight excluding hydrogens is 776 g/mol. The number of ketones is 1. The van der Waals surface area contributed by atoms with E-state index in [1.807, 2.05) is 58.9 Å². The van der Waals surface area contributed by atoms with Gasteiger partial charge in [0.1, 0.15) is 5.78 Å². The van der Waals surface area contributed by atoms with Gasteiger partial charge in [-0.1, -0.05) is 73.2 Å². The third-order valence-electron chi connectivity index (χ3n) is 10.5. The molecule has 12 heteroatoms. The molecule has 6 heterocycles. The van der Waals surface area contributed by atoms with Crippen molar-refractivity contribution in [3.63, 3.8) is 0 Å². The fourth-order valence-corrected chi connectivity index (χ4v) is 8.36. The van der Waals surface area contributed by atoms with Gasteiger partial charge in [-0.2, -0.15) is 0 Å². The first kappa shape index (κ1) is 44.1. The molecule has 56 heavy (non-hydrogen) atoms. The molecule has 290 valence electrons. The number of Topliss-reactive ketones (excluding diaryl/α,β-unsaturated/α-hetero) is 1. The van der Waals surface area contributed by atoms with Crippen molar-refractivity contribution >= 4 is 85.8 Å². The van der Waals surface area contributed by atoms with E-state index in [0.29, 0.717) is 40.8 Å². The number of nitrogens with zero attached hydrogens (tertiary/aromatic N) is 5. The molecule has 3 aliphatic rings. The summed E-state index contributed by atoms with van der Waals surface area (Å²) in [5, 5.41) is 9.28. The second kappa shape index (κ2) is 18.5. The number of aliphatic carboxylic acids is 1. The molecule has 0 saturated carbocycles. The second-order valence-corrected chi connectivity index (χ2v) is 15.3. The number of amides is 2. The molecule has 0 radical (unpaired) electrons. The van der Waals surface area contributed by atoms with E-state index in [9.17, 15) is 24.3 Å². The maximum absolute atomic E-state index is 13.3. The van der Waals surface area contributed by atoms with E-state index in [2.05, 4.69) is 13.2 Å². The molecule has 1 atom stereocenters. The van der Waals surface area contributed by atoms with Gasteiger partial charge in [-0.3, -0.25) is 24.1 Å². The van der Waals surface area contributed by atoms with Crippen LogP contribution in [0.1, 0.15) is 104 Å². The van der Waals surface area contributed by atoms with Crippen molar-refractivity contribution < 1.29 is 43.8 Å². The molecule has 3 aliphatic heterocycles. The normalized spacial score (nSPS) is 15.2. The molecule has 10 nitrogen and oxygen atoms in total. The Bertz CT molecular complexity index is 2350. The molecule has 1 fully saturated rings. The number of allylic oxidation sites excluding steroid dienone is 5. The van der Waals surface area contributed by atoms with Crippen molar-refractivity contribution in [2.75, 3.05) is 12.3 Å². The number of carboxylic acids is 1. The quantitative estimate of drug-likeness (QED) is 0.0957. The molecule has 1 N–H and O–H groups in total. The molecular formula is C44H48N5O5SZn-3. The molecule has 0 spiro atoms. The number of aryl methyl sites for hydroxylation is 3. The van der Waals surface area contributed by atoms with E-state index < -0.39 is 5.97 Å². The summed E-state index contributed by atoms with van der Waals surface area (Å²) in [4.78, 5) is 71.5. The van der Waals surface area contributed by atoms with E-state index in [-0.39, 0.29) is 88.4 Å². The zero-order valence-corrected chi connectivity index (χ0v) is 37.0. The maximum Gasteiger partial charge on any atom is 0.303 e. The number of carboxylic acid groups (broad SMARTS) is 1.